The summed E-state index contributed by atoms with van der Waals surface area (Å²) in [4.78, 5) is 0. The standard InChI is InChI=1S/C13H7Br2Cl2FO/c14-8-1-2-12(7(3-8)6-16)19-13-5-11(18)10(17)4-9(13)15/h1-5H,6H2. The highest BCUT2D eigenvalue weighted by Crippen LogP contribution is 2.36. The van der Waals surface area contributed by atoms with Crippen molar-refractivity contribution in [2.75, 3.05) is 0 Å². The summed E-state index contributed by atoms with van der Waals surface area (Å²) in [5.41, 5.74) is 0.804. The Balaban J connectivity index is 2.39. The Bertz CT molecular complexity index is 620. The van der Waals surface area contributed by atoms with Gasteiger partial charge in [0.2, 0.25) is 0 Å². The highest BCUT2D eigenvalue weighted by Gasteiger charge is 2.11. The van der Waals surface area contributed by atoms with Crippen LogP contribution < -0.4 is 4.74 Å². The SMILES string of the molecule is Fc1cc(Oc2ccc(Br)cc2CCl)c(Br)cc1Cl. The minimum atomic E-state index is -0.538. The Kier molecular flexibility index (Phi) is 5.12. The van der Waals surface area contributed by atoms with Crippen LogP contribution in [0.5, 0.6) is 11.5 Å². The van der Waals surface area contributed by atoms with E-state index in [1.807, 2.05) is 12.1 Å². The number of alkyl halides is 1. The second-order valence-corrected chi connectivity index (χ2v) is 6.13. The molecule has 0 amide bonds. The first kappa shape index (κ1) is 15.1. The maximum atomic E-state index is 13.4. The van der Waals surface area contributed by atoms with E-state index in [9.17, 15) is 4.39 Å². The molecular formula is C13H7Br2Cl2FO. The van der Waals surface area contributed by atoms with E-state index < -0.39 is 5.82 Å². The van der Waals surface area contributed by atoms with Gasteiger partial charge in [0.05, 0.1) is 15.4 Å². The Morgan fingerprint density at radius 2 is 1.84 bits per heavy atom. The summed E-state index contributed by atoms with van der Waals surface area (Å²) >= 11 is 18.2. The van der Waals surface area contributed by atoms with Crippen molar-refractivity contribution >= 4 is 55.1 Å². The number of hydrogen-bond donors (Lipinski definition) is 0. The van der Waals surface area contributed by atoms with E-state index in [2.05, 4.69) is 31.9 Å². The fraction of sp³-hybridized carbons (Fsp3) is 0.0769. The van der Waals surface area contributed by atoms with E-state index in [0.717, 1.165) is 10.0 Å². The fourth-order valence-electron chi connectivity index (χ4n) is 1.45. The molecule has 2 aromatic carbocycles. The van der Waals surface area contributed by atoms with Gasteiger partial charge in [0.1, 0.15) is 17.3 Å². The Labute approximate surface area is 136 Å². The molecule has 0 unspecified atom stereocenters. The summed E-state index contributed by atoms with van der Waals surface area (Å²) in [6.45, 7) is 0. The minimum absolute atomic E-state index is 0.0348. The Hall–Kier alpha value is -0.290. The van der Waals surface area contributed by atoms with Crippen LogP contribution in [0.1, 0.15) is 5.56 Å². The third kappa shape index (κ3) is 3.63. The van der Waals surface area contributed by atoms with E-state index in [1.54, 1.807) is 6.07 Å². The zero-order valence-electron chi connectivity index (χ0n) is 9.39. The number of benzene rings is 2. The van der Waals surface area contributed by atoms with E-state index >= 15 is 0 Å². The molecule has 0 aromatic heterocycles. The Morgan fingerprint density at radius 3 is 2.53 bits per heavy atom. The third-order valence-electron chi connectivity index (χ3n) is 2.36. The molecule has 19 heavy (non-hydrogen) atoms. The minimum Gasteiger partial charge on any atom is -0.456 e. The van der Waals surface area contributed by atoms with Crippen molar-refractivity contribution in [3.63, 3.8) is 0 Å². The molecule has 0 N–H and O–H groups in total. The topological polar surface area (TPSA) is 9.23 Å². The summed E-state index contributed by atoms with van der Waals surface area (Å²) in [6, 6.07) is 8.12. The number of rotatable bonds is 3. The van der Waals surface area contributed by atoms with E-state index in [0.29, 0.717) is 21.9 Å². The van der Waals surface area contributed by atoms with Crippen LogP contribution in [0.4, 0.5) is 4.39 Å². The molecule has 0 saturated heterocycles. The molecule has 0 aliphatic rings. The molecule has 0 aliphatic carbocycles. The molecule has 0 heterocycles. The largest absolute Gasteiger partial charge is 0.456 e. The van der Waals surface area contributed by atoms with Crippen LogP contribution in [-0.4, -0.2) is 0 Å². The zero-order valence-corrected chi connectivity index (χ0v) is 14.1. The zero-order chi connectivity index (χ0) is 14.0. The predicted octanol–water partition coefficient (Wildman–Crippen LogP) is 6.54. The monoisotopic (exact) mass is 426 g/mol. The molecule has 0 spiro atoms. The normalized spacial score (nSPS) is 10.6. The van der Waals surface area contributed by atoms with Gasteiger partial charge in [-0.1, -0.05) is 27.5 Å². The number of ether oxygens (including phenoxy) is 1. The molecule has 2 rings (SSSR count). The molecule has 6 heteroatoms. The van der Waals surface area contributed by atoms with Gasteiger partial charge in [-0.15, -0.1) is 11.6 Å². The van der Waals surface area contributed by atoms with Gasteiger partial charge in [0, 0.05) is 16.1 Å². The van der Waals surface area contributed by atoms with Crippen LogP contribution in [0.3, 0.4) is 0 Å². The molecule has 0 fully saturated rings. The highest BCUT2D eigenvalue weighted by molar-refractivity contribution is 9.10. The van der Waals surface area contributed by atoms with Gasteiger partial charge in [0.25, 0.3) is 0 Å². The quantitative estimate of drug-likeness (QED) is 0.398. The van der Waals surface area contributed by atoms with Crippen LogP contribution in [0.15, 0.2) is 39.3 Å². The first-order valence-corrected chi connectivity index (χ1v) is 7.68. The van der Waals surface area contributed by atoms with Gasteiger partial charge in [0.15, 0.2) is 0 Å². The number of hydrogen-bond acceptors (Lipinski definition) is 1. The molecule has 0 atom stereocenters. The summed E-state index contributed by atoms with van der Waals surface area (Å²) in [5, 5.41) is 0.0348. The third-order valence-corrected chi connectivity index (χ3v) is 4.05. The average molecular weight is 429 g/mol. The van der Waals surface area contributed by atoms with Crippen molar-refractivity contribution in [2.45, 2.75) is 5.88 Å². The fourth-order valence-corrected chi connectivity index (χ4v) is 2.79. The smallest absolute Gasteiger partial charge is 0.145 e. The first-order chi connectivity index (χ1) is 9.01. The maximum absolute atomic E-state index is 13.4. The van der Waals surface area contributed by atoms with Crippen molar-refractivity contribution in [1.29, 1.82) is 0 Å². The lowest BCUT2D eigenvalue weighted by Gasteiger charge is -2.12. The second-order valence-electron chi connectivity index (χ2n) is 3.68. The van der Waals surface area contributed by atoms with Gasteiger partial charge in [-0.2, -0.15) is 0 Å². The molecule has 2 aromatic rings. The van der Waals surface area contributed by atoms with Crippen LogP contribution in [-0.2, 0) is 5.88 Å². The van der Waals surface area contributed by atoms with Gasteiger partial charge >= 0.3 is 0 Å². The van der Waals surface area contributed by atoms with Crippen molar-refractivity contribution < 1.29 is 9.13 Å². The maximum Gasteiger partial charge on any atom is 0.145 e. The predicted molar refractivity (Wildman–Crippen MR) is 82.9 cm³/mol. The summed E-state index contributed by atoms with van der Waals surface area (Å²) in [6.07, 6.45) is 0. The lowest BCUT2D eigenvalue weighted by molar-refractivity contribution is 0.469. The van der Waals surface area contributed by atoms with Crippen LogP contribution in [0.25, 0.3) is 0 Å². The van der Waals surface area contributed by atoms with E-state index in [4.69, 9.17) is 27.9 Å². The van der Waals surface area contributed by atoms with Crippen LogP contribution in [0, 0.1) is 5.82 Å². The lowest BCUT2D eigenvalue weighted by atomic mass is 10.2. The van der Waals surface area contributed by atoms with Crippen molar-refractivity contribution in [2.24, 2.45) is 0 Å². The molecule has 0 radical (unpaired) electrons. The molecular weight excluding hydrogens is 422 g/mol. The van der Waals surface area contributed by atoms with E-state index in [1.165, 1.54) is 12.1 Å². The first-order valence-electron chi connectivity index (χ1n) is 5.18. The van der Waals surface area contributed by atoms with Crippen molar-refractivity contribution in [3.05, 3.63) is 55.7 Å². The molecule has 0 bridgehead atoms. The van der Waals surface area contributed by atoms with E-state index in [-0.39, 0.29) is 5.02 Å². The van der Waals surface area contributed by atoms with Crippen LogP contribution >= 0.6 is 55.1 Å². The molecule has 1 nitrogen and oxygen atoms in total. The summed E-state index contributed by atoms with van der Waals surface area (Å²) in [7, 11) is 0. The van der Waals surface area contributed by atoms with Crippen LogP contribution in [0.2, 0.25) is 5.02 Å². The summed E-state index contributed by atoms with van der Waals surface area (Å²) in [5.74, 6) is 0.670. The van der Waals surface area contributed by atoms with Crippen molar-refractivity contribution in [3.8, 4) is 11.5 Å². The van der Waals surface area contributed by atoms with Gasteiger partial charge in [-0.3, -0.25) is 0 Å². The van der Waals surface area contributed by atoms with Gasteiger partial charge in [-0.05, 0) is 40.2 Å². The lowest BCUT2D eigenvalue weighted by Crippen LogP contribution is -1.92. The van der Waals surface area contributed by atoms with Gasteiger partial charge in [-0.25, -0.2) is 4.39 Å². The molecule has 0 saturated carbocycles. The second kappa shape index (κ2) is 6.44. The van der Waals surface area contributed by atoms with Crippen molar-refractivity contribution in [1.82, 2.24) is 0 Å². The van der Waals surface area contributed by atoms with Gasteiger partial charge < -0.3 is 4.74 Å². The number of halogens is 5. The highest BCUT2D eigenvalue weighted by atomic mass is 79.9. The average Bonchev–Trinajstić information content (AvgIpc) is 2.37. The summed E-state index contributed by atoms with van der Waals surface area (Å²) < 4.78 is 20.6. The Morgan fingerprint density at radius 1 is 1.11 bits per heavy atom. The molecule has 100 valence electrons. The molecule has 0 aliphatic heterocycles.